The zero-order chi connectivity index (χ0) is 21.9. The van der Waals surface area contributed by atoms with Crippen molar-refractivity contribution in [3.05, 3.63) is 70.6 Å². The number of nitrogens with one attached hydrogen (secondary N) is 2. The monoisotopic (exact) mass is 421 g/mol. The van der Waals surface area contributed by atoms with Crippen molar-refractivity contribution in [1.82, 2.24) is 15.4 Å². The highest BCUT2D eigenvalue weighted by atomic mass is 16.5. The number of fused-ring (bicyclic) bond motifs is 1. The number of allylic oxidation sites excluding steroid dienone is 1. The summed E-state index contributed by atoms with van der Waals surface area (Å²) in [4.78, 5) is 17.2. The molecule has 0 bridgehead atoms. The molecule has 1 aromatic carbocycles. The summed E-state index contributed by atoms with van der Waals surface area (Å²) in [7, 11) is 0. The van der Waals surface area contributed by atoms with E-state index >= 15 is 0 Å². The Morgan fingerprint density at radius 2 is 2.03 bits per heavy atom. The van der Waals surface area contributed by atoms with E-state index in [2.05, 4.69) is 47.3 Å². The topological polar surface area (TPSA) is 68.4 Å². The van der Waals surface area contributed by atoms with Crippen LogP contribution in [0.1, 0.15) is 67.0 Å². The Bertz CT molecular complexity index is 881. The molecular weight excluding hydrogens is 386 g/mol. The van der Waals surface area contributed by atoms with E-state index < -0.39 is 5.91 Å². The van der Waals surface area contributed by atoms with Crippen molar-refractivity contribution in [2.45, 2.75) is 58.4 Å². The fraction of sp³-hybridized carbons (Fsp3) is 0.423. The number of carbonyl (C=O) groups excluding carboxylic acids is 1. The van der Waals surface area contributed by atoms with Crippen molar-refractivity contribution >= 4 is 18.1 Å². The lowest BCUT2D eigenvalue weighted by Crippen LogP contribution is -2.27. The predicted octanol–water partition coefficient (Wildman–Crippen LogP) is 5.12. The van der Waals surface area contributed by atoms with Crippen molar-refractivity contribution in [3.8, 4) is 0 Å². The van der Waals surface area contributed by atoms with Crippen LogP contribution in [0.3, 0.4) is 0 Å². The largest absolute Gasteiger partial charge is 0.364 e. The van der Waals surface area contributed by atoms with Crippen LogP contribution in [0, 0.1) is 0 Å². The molecular formula is C26H35N3O2. The number of carbonyl (C=O) groups is 1. The summed E-state index contributed by atoms with van der Waals surface area (Å²) in [5.41, 5.74) is 8.02. The van der Waals surface area contributed by atoms with Gasteiger partial charge in [-0.05, 0) is 60.6 Å². The van der Waals surface area contributed by atoms with Gasteiger partial charge in [-0.25, -0.2) is 5.48 Å². The van der Waals surface area contributed by atoms with Gasteiger partial charge in [0.15, 0.2) is 0 Å². The van der Waals surface area contributed by atoms with E-state index in [0.717, 1.165) is 44.5 Å². The van der Waals surface area contributed by atoms with Gasteiger partial charge in [-0.3, -0.25) is 14.9 Å². The zero-order valence-electron chi connectivity index (χ0n) is 18.6. The van der Waals surface area contributed by atoms with Crippen LogP contribution in [0.2, 0.25) is 0 Å². The molecule has 1 aromatic heterocycles. The van der Waals surface area contributed by atoms with Gasteiger partial charge in [-0.2, -0.15) is 0 Å². The second-order valence-corrected chi connectivity index (χ2v) is 8.28. The molecule has 1 aliphatic carbocycles. The molecule has 3 rings (SSSR count). The number of amides is 1. The van der Waals surface area contributed by atoms with E-state index in [0.29, 0.717) is 0 Å². The van der Waals surface area contributed by atoms with Crippen LogP contribution >= 0.6 is 0 Å². The number of H-pyrrole nitrogens is 1. The molecule has 1 heterocycles. The predicted molar refractivity (Wildman–Crippen MR) is 127 cm³/mol. The van der Waals surface area contributed by atoms with Crippen molar-refractivity contribution in [3.63, 3.8) is 0 Å². The van der Waals surface area contributed by atoms with Crippen molar-refractivity contribution < 1.29 is 10.0 Å². The number of hydrogen-bond acceptors (Lipinski definition) is 3. The number of aryl methyl sites for hydroxylation is 1. The van der Waals surface area contributed by atoms with Gasteiger partial charge >= 0.3 is 0 Å². The number of aromatic amines is 1. The third-order valence-electron chi connectivity index (χ3n) is 5.89. The minimum atomic E-state index is -0.524. The summed E-state index contributed by atoms with van der Waals surface area (Å²) in [6.45, 7) is 5.33. The lowest BCUT2D eigenvalue weighted by molar-refractivity contribution is -0.124. The number of hydrogen-bond donors (Lipinski definition) is 3. The third kappa shape index (κ3) is 7.23. The SMILES string of the molecule is CCCCCCN(CCc1c[nH]c2c1C=CCC2)Cc1ccc(/C=C/C(=O)NO)cc1. The Kier molecular flexibility index (Phi) is 9.13. The van der Waals surface area contributed by atoms with Crippen LogP contribution < -0.4 is 5.48 Å². The number of nitrogens with zero attached hydrogens (tertiary/aromatic N) is 1. The Hall–Kier alpha value is -2.63. The molecule has 5 heteroatoms. The van der Waals surface area contributed by atoms with Crippen LogP contribution in [0.15, 0.2) is 42.6 Å². The maximum absolute atomic E-state index is 11.1. The highest BCUT2D eigenvalue weighted by molar-refractivity contribution is 5.90. The van der Waals surface area contributed by atoms with E-state index in [4.69, 9.17) is 5.21 Å². The van der Waals surface area contributed by atoms with Gasteiger partial charge in [-0.1, -0.05) is 62.6 Å². The van der Waals surface area contributed by atoms with Crippen LogP contribution in [-0.2, 0) is 24.2 Å². The molecule has 0 saturated carbocycles. The maximum Gasteiger partial charge on any atom is 0.267 e. The van der Waals surface area contributed by atoms with Gasteiger partial charge in [-0.15, -0.1) is 0 Å². The van der Waals surface area contributed by atoms with Crippen molar-refractivity contribution in [1.29, 1.82) is 0 Å². The fourth-order valence-electron chi connectivity index (χ4n) is 4.09. The number of rotatable bonds is 12. The van der Waals surface area contributed by atoms with Crippen LogP contribution in [0.4, 0.5) is 0 Å². The molecule has 0 radical (unpaired) electrons. The highest BCUT2D eigenvalue weighted by Gasteiger charge is 2.13. The average Bonchev–Trinajstić information content (AvgIpc) is 3.22. The highest BCUT2D eigenvalue weighted by Crippen LogP contribution is 2.23. The molecule has 0 unspecified atom stereocenters. The van der Waals surface area contributed by atoms with E-state index in [1.54, 1.807) is 11.6 Å². The summed E-state index contributed by atoms with van der Waals surface area (Å²) in [5.74, 6) is -0.524. The zero-order valence-corrected chi connectivity index (χ0v) is 18.6. The molecule has 0 spiro atoms. The summed E-state index contributed by atoms with van der Waals surface area (Å²) >= 11 is 0. The second kappa shape index (κ2) is 12.3. The van der Waals surface area contributed by atoms with E-state index in [1.807, 2.05) is 12.1 Å². The number of hydroxylamine groups is 1. The standard InChI is InChI=1S/C26H35N3O2/c1-2-3-4-7-17-29(18-16-23-19-27-25-9-6-5-8-24(23)25)20-22-12-10-21(11-13-22)14-15-26(30)28-31/h5,8,10-15,19,27,31H,2-4,6-7,9,16-18,20H2,1H3,(H,28,30)/b15-14+. The molecule has 2 aromatic rings. The molecule has 166 valence electrons. The summed E-state index contributed by atoms with van der Waals surface area (Å²) in [5, 5.41) is 8.58. The fourth-order valence-corrected chi connectivity index (χ4v) is 4.09. The minimum absolute atomic E-state index is 0.524. The Labute approximate surface area is 185 Å². The van der Waals surface area contributed by atoms with Gasteiger partial charge < -0.3 is 4.98 Å². The Morgan fingerprint density at radius 1 is 1.19 bits per heavy atom. The lowest BCUT2D eigenvalue weighted by atomic mass is 10.00. The molecule has 0 fully saturated rings. The smallest absolute Gasteiger partial charge is 0.267 e. The van der Waals surface area contributed by atoms with Gasteiger partial charge in [0.2, 0.25) is 0 Å². The van der Waals surface area contributed by atoms with E-state index in [9.17, 15) is 4.79 Å². The van der Waals surface area contributed by atoms with Crippen molar-refractivity contribution in [2.24, 2.45) is 0 Å². The minimum Gasteiger partial charge on any atom is -0.364 e. The summed E-state index contributed by atoms with van der Waals surface area (Å²) in [6.07, 6.45) is 18.1. The number of benzene rings is 1. The number of aromatic nitrogens is 1. The first-order valence-corrected chi connectivity index (χ1v) is 11.5. The first kappa shape index (κ1) is 23.0. The molecule has 5 nitrogen and oxygen atoms in total. The Balaban J connectivity index is 1.60. The molecule has 0 aliphatic heterocycles. The van der Waals surface area contributed by atoms with E-state index in [-0.39, 0.29) is 0 Å². The van der Waals surface area contributed by atoms with Gasteiger partial charge in [0, 0.05) is 31.1 Å². The summed E-state index contributed by atoms with van der Waals surface area (Å²) < 4.78 is 0. The van der Waals surface area contributed by atoms with Gasteiger partial charge in [0.1, 0.15) is 0 Å². The molecule has 1 aliphatic rings. The molecule has 0 atom stereocenters. The first-order chi connectivity index (χ1) is 15.2. The number of unbranched alkanes of at least 4 members (excludes halogenated alkanes) is 3. The van der Waals surface area contributed by atoms with Crippen LogP contribution in [0.25, 0.3) is 12.2 Å². The van der Waals surface area contributed by atoms with Crippen LogP contribution in [0.5, 0.6) is 0 Å². The average molecular weight is 422 g/mol. The van der Waals surface area contributed by atoms with Crippen molar-refractivity contribution in [2.75, 3.05) is 13.1 Å². The molecule has 0 saturated heterocycles. The molecule has 31 heavy (non-hydrogen) atoms. The Morgan fingerprint density at radius 3 is 2.81 bits per heavy atom. The second-order valence-electron chi connectivity index (χ2n) is 8.28. The molecule has 3 N–H and O–H groups in total. The van der Waals surface area contributed by atoms with Gasteiger partial charge in [0.25, 0.3) is 5.91 Å². The summed E-state index contributed by atoms with van der Waals surface area (Å²) in [6, 6.07) is 8.27. The van der Waals surface area contributed by atoms with Crippen LogP contribution in [-0.4, -0.2) is 34.1 Å². The normalized spacial score (nSPS) is 13.1. The quantitative estimate of drug-likeness (QED) is 0.193. The first-order valence-electron chi connectivity index (χ1n) is 11.5. The van der Waals surface area contributed by atoms with E-state index in [1.165, 1.54) is 54.1 Å². The van der Waals surface area contributed by atoms with Gasteiger partial charge in [0.05, 0.1) is 0 Å². The molecule has 1 amide bonds. The lowest BCUT2D eigenvalue weighted by Gasteiger charge is -2.23. The third-order valence-corrected chi connectivity index (χ3v) is 5.89. The maximum atomic E-state index is 11.1.